The number of para-hydroxylation sites is 3. The lowest BCUT2D eigenvalue weighted by Gasteiger charge is -2.21. The smallest absolute Gasteiger partial charge is 0.151 e. The van der Waals surface area contributed by atoms with E-state index < -0.39 is 5.92 Å². The maximum absolute atomic E-state index is 10.2. The standard InChI is InChI=1S/C19H16O3.3C3H4O2/c20-16-10-4-1-7-13(16)19(14-8-2-5-11-17(14)21)15-9-3-6-12-18(15)22;3*4-1-3-2-5-3/h1-12,19-22H;3*1,3H,2H2. The summed E-state index contributed by atoms with van der Waals surface area (Å²) >= 11 is 0. The van der Waals surface area contributed by atoms with E-state index in [1.54, 1.807) is 54.6 Å². The van der Waals surface area contributed by atoms with Crippen LogP contribution in [0.15, 0.2) is 72.8 Å². The van der Waals surface area contributed by atoms with Gasteiger partial charge in [0, 0.05) is 22.6 Å². The van der Waals surface area contributed by atoms with Crippen molar-refractivity contribution in [3.05, 3.63) is 89.5 Å². The zero-order valence-electron chi connectivity index (χ0n) is 19.9. The number of phenolic OH excluding ortho intramolecular Hbond substituents is 3. The summed E-state index contributed by atoms with van der Waals surface area (Å²) in [5.74, 6) is -0.0828. The molecule has 0 bridgehead atoms. The van der Waals surface area contributed by atoms with Crippen molar-refractivity contribution in [1.82, 2.24) is 0 Å². The van der Waals surface area contributed by atoms with Crippen molar-refractivity contribution >= 4 is 18.9 Å². The molecule has 9 nitrogen and oxygen atoms in total. The number of carbonyl (C=O) groups is 3. The second kappa shape index (κ2) is 13.9. The second-order valence-corrected chi connectivity index (χ2v) is 8.13. The Labute approximate surface area is 213 Å². The van der Waals surface area contributed by atoms with Crippen LogP contribution in [0.2, 0.25) is 0 Å². The van der Waals surface area contributed by atoms with E-state index in [-0.39, 0.29) is 35.6 Å². The Hall–Kier alpha value is -4.05. The predicted octanol–water partition coefficient (Wildman–Crippen LogP) is 2.74. The minimum absolute atomic E-state index is 0.0463. The average molecular weight is 509 g/mol. The molecule has 3 aromatic carbocycles. The van der Waals surface area contributed by atoms with Gasteiger partial charge in [-0.05, 0) is 18.2 Å². The van der Waals surface area contributed by atoms with E-state index in [9.17, 15) is 29.7 Å². The quantitative estimate of drug-likeness (QED) is 0.259. The van der Waals surface area contributed by atoms with Gasteiger partial charge in [-0.25, -0.2) is 0 Å². The Morgan fingerprint density at radius 3 is 0.946 bits per heavy atom. The summed E-state index contributed by atoms with van der Waals surface area (Å²) in [6.45, 7) is 1.93. The fourth-order valence-electron chi connectivity index (χ4n) is 3.10. The summed E-state index contributed by atoms with van der Waals surface area (Å²) < 4.78 is 13.5. The Bertz CT molecular complexity index is 1020. The van der Waals surface area contributed by atoms with E-state index in [4.69, 9.17) is 0 Å². The topological polar surface area (TPSA) is 149 Å². The number of hydrogen-bond donors (Lipinski definition) is 3. The van der Waals surface area contributed by atoms with E-state index in [0.29, 0.717) is 36.5 Å². The van der Waals surface area contributed by atoms with Crippen LogP contribution < -0.4 is 0 Å². The van der Waals surface area contributed by atoms with Crippen molar-refractivity contribution in [3.8, 4) is 17.2 Å². The van der Waals surface area contributed by atoms with Crippen LogP contribution in [0, 0.1) is 0 Å². The van der Waals surface area contributed by atoms with Crippen molar-refractivity contribution in [2.75, 3.05) is 19.8 Å². The molecule has 3 heterocycles. The van der Waals surface area contributed by atoms with Crippen LogP contribution in [0.1, 0.15) is 22.6 Å². The number of rotatable bonds is 6. The molecule has 0 spiro atoms. The molecule has 37 heavy (non-hydrogen) atoms. The Morgan fingerprint density at radius 2 is 0.784 bits per heavy atom. The first kappa shape index (κ1) is 27.5. The number of aldehydes is 3. The largest absolute Gasteiger partial charge is 0.508 e. The maximum Gasteiger partial charge on any atom is 0.151 e. The van der Waals surface area contributed by atoms with Gasteiger partial charge in [0.2, 0.25) is 0 Å². The molecule has 3 N–H and O–H groups in total. The summed E-state index contributed by atoms with van der Waals surface area (Å²) in [5, 5.41) is 30.7. The van der Waals surface area contributed by atoms with Gasteiger partial charge in [-0.15, -0.1) is 0 Å². The number of epoxide rings is 3. The third-order valence-corrected chi connectivity index (χ3v) is 5.28. The Balaban J connectivity index is 0.000000202. The molecular formula is C28H28O9. The van der Waals surface area contributed by atoms with Crippen molar-refractivity contribution in [2.45, 2.75) is 24.2 Å². The van der Waals surface area contributed by atoms with Crippen LogP contribution in [0.5, 0.6) is 17.2 Å². The molecule has 0 radical (unpaired) electrons. The first-order chi connectivity index (χ1) is 18.0. The normalized spacial score (nSPS) is 19.9. The minimum Gasteiger partial charge on any atom is -0.508 e. The van der Waals surface area contributed by atoms with Gasteiger partial charge >= 0.3 is 0 Å². The van der Waals surface area contributed by atoms with Crippen molar-refractivity contribution in [3.63, 3.8) is 0 Å². The molecule has 3 saturated heterocycles. The van der Waals surface area contributed by atoms with Crippen LogP contribution in [0.4, 0.5) is 0 Å². The molecule has 6 rings (SSSR count). The van der Waals surface area contributed by atoms with Gasteiger partial charge in [0.1, 0.15) is 35.6 Å². The lowest BCUT2D eigenvalue weighted by Crippen LogP contribution is -2.04. The van der Waals surface area contributed by atoms with Crippen LogP contribution in [-0.2, 0) is 28.6 Å². The number of carbonyl (C=O) groups excluding carboxylic acids is 3. The summed E-state index contributed by atoms with van der Waals surface area (Å²) in [4.78, 5) is 28.3. The van der Waals surface area contributed by atoms with Gasteiger partial charge in [0.15, 0.2) is 18.9 Å². The second-order valence-electron chi connectivity index (χ2n) is 8.13. The summed E-state index contributed by atoms with van der Waals surface area (Å²) in [7, 11) is 0. The molecule has 3 fully saturated rings. The first-order valence-electron chi connectivity index (χ1n) is 11.5. The number of ether oxygens (including phenoxy) is 3. The monoisotopic (exact) mass is 508 g/mol. The van der Waals surface area contributed by atoms with Gasteiger partial charge in [0.05, 0.1) is 19.8 Å². The SMILES string of the molecule is O=CC1CO1.O=CC1CO1.O=CC1CO1.Oc1ccccc1C(c1ccccc1O)c1ccccc1O. The summed E-state index contributed by atoms with van der Waals surface area (Å²) in [6.07, 6.45) is 2.28. The van der Waals surface area contributed by atoms with Gasteiger partial charge in [-0.3, -0.25) is 0 Å². The molecule has 0 aromatic heterocycles. The van der Waals surface area contributed by atoms with E-state index in [1.807, 2.05) is 18.2 Å². The van der Waals surface area contributed by atoms with Crippen molar-refractivity contribution in [2.24, 2.45) is 0 Å². The maximum atomic E-state index is 10.2. The molecule has 3 unspecified atom stereocenters. The van der Waals surface area contributed by atoms with Crippen LogP contribution >= 0.6 is 0 Å². The molecule has 3 aromatic rings. The van der Waals surface area contributed by atoms with E-state index >= 15 is 0 Å². The molecule has 0 saturated carbocycles. The molecule has 3 atom stereocenters. The number of benzene rings is 3. The molecule has 0 amide bonds. The Kier molecular flexibility index (Phi) is 10.3. The highest BCUT2D eigenvalue weighted by molar-refractivity contribution is 5.59. The van der Waals surface area contributed by atoms with E-state index in [1.165, 1.54) is 0 Å². The van der Waals surface area contributed by atoms with Crippen LogP contribution in [-0.4, -0.2) is 72.3 Å². The lowest BCUT2D eigenvalue weighted by atomic mass is 9.83. The fraction of sp³-hybridized carbons (Fsp3) is 0.250. The number of hydrogen-bond acceptors (Lipinski definition) is 9. The summed E-state index contributed by atoms with van der Waals surface area (Å²) in [6, 6.07) is 20.9. The van der Waals surface area contributed by atoms with Gasteiger partial charge in [-0.1, -0.05) is 54.6 Å². The van der Waals surface area contributed by atoms with E-state index in [0.717, 1.165) is 18.9 Å². The average Bonchev–Trinajstić information content (AvgIpc) is 3.79. The Morgan fingerprint density at radius 1 is 0.541 bits per heavy atom. The highest BCUT2D eigenvalue weighted by Crippen LogP contribution is 2.42. The molecule has 3 aliphatic rings. The number of aromatic hydroxyl groups is 3. The first-order valence-corrected chi connectivity index (χ1v) is 11.5. The van der Waals surface area contributed by atoms with Crippen molar-refractivity contribution < 1.29 is 43.9 Å². The molecule has 0 aliphatic carbocycles. The number of phenols is 3. The lowest BCUT2D eigenvalue weighted by molar-refractivity contribution is -0.109. The fourth-order valence-corrected chi connectivity index (χ4v) is 3.10. The summed E-state index contributed by atoms with van der Waals surface area (Å²) in [5.41, 5.74) is 1.89. The van der Waals surface area contributed by atoms with Crippen LogP contribution in [0.3, 0.4) is 0 Å². The van der Waals surface area contributed by atoms with Gasteiger partial charge < -0.3 is 43.9 Å². The zero-order valence-corrected chi connectivity index (χ0v) is 19.9. The van der Waals surface area contributed by atoms with Gasteiger partial charge in [-0.2, -0.15) is 0 Å². The molecule has 9 heteroatoms. The predicted molar refractivity (Wildman–Crippen MR) is 133 cm³/mol. The highest BCUT2D eigenvalue weighted by Gasteiger charge is 2.24. The zero-order chi connectivity index (χ0) is 26.6. The van der Waals surface area contributed by atoms with E-state index in [2.05, 4.69) is 14.2 Å². The highest BCUT2D eigenvalue weighted by atomic mass is 16.6. The molecular weight excluding hydrogens is 480 g/mol. The minimum atomic E-state index is -0.455. The van der Waals surface area contributed by atoms with Gasteiger partial charge in [0.25, 0.3) is 0 Å². The van der Waals surface area contributed by atoms with Crippen molar-refractivity contribution in [1.29, 1.82) is 0 Å². The third-order valence-electron chi connectivity index (χ3n) is 5.28. The molecule has 3 aliphatic heterocycles. The van der Waals surface area contributed by atoms with Crippen LogP contribution in [0.25, 0.3) is 0 Å². The molecule has 194 valence electrons. The third kappa shape index (κ3) is 9.16.